The number of Topliss-reactive ketones (excluding diaryl/α,β-unsaturated/α-hetero) is 1. The van der Waals surface area contributed by atoms with E-state index in [0.717, 1.165) is 19.3 Å². The van der Waals surface area contributed by atoms with Crippen molar-refractivity contribution in [2.45, 2.75) is 77.4 Å². The standard InChI is InChI=1S/C22H36N4O4/c1-5-11-24-20(29)17(27)15(13-14-8-6-9-14)25-19(28)16-10-7-12-26(16)21(30)18(23)22(2,3)4/h5,14-16,18H,1,6-13,23H2,2-4H3,(H,24,29)(H,25,28)/t15?,16-,18+/m0/s1. The van der Waals surface area contributed by atoms with Crippen molar-refractivity contribution < 1.29 is 19.2 Å². The van der Waals surface area contributed by atoms with Crippen LogP contribution >= 0.6 is 0 Å². The van der Waals surface area contributed by atoms with Gasteiger partial charge in [0.2, 0.25) is 17.6 Å². The summed E-state index contributed by atoms with van der Waals surface area (Å²) in [6.07, 6.45) is 6.21. The molecular formula is C22H36N4O4. The summed E-state index contributed by atoms with van der Waals surface area (Å²) in [5.74, 6) is -1.71. The lowest BCUT2D eigenvalue weighted by molar-refractivity contribution is -0.143. The van der Waals surface area contributed by atoms with Gasteiger partial charge in [0, 0.05) is 13.1 Å². The van der Waals surface area contributed by atoms with Gasteiger partial charge < -0.3 is 21.3 Å². The molecule has 0 bridgehead atoms. The molecule has 2 aliphatic rings. The van der Waals surface area contributed by atoms with E-state index >= 15 is 0 Å². The Labute approximate surface area is 179 Å². The molecule has 2 rings (SSSR count). The number of likely N-dealkylation sites (tertiary alicyclic amines) is 1. The van der Waals surface area contributed by atoms with Gasteiger partial charge in [-0.05, 0) is 30.6 Å². The summed E-state index contributed by atoms with van der Waals surface area (Å²) >= 11 is 0. The van der Waals surface area contributed by atoms with Crippen LogP contribution in [-0.4, -0.2) is 59.6 Å². The van der Waals surface area contributed by atoms with Crippen LogP contribution in [0.15, 0.2) is 12.7 Å². The Hall–Kier alpha value is -2.22. The number of carbonyl (C=O) groups excluding carboxylic acids is 4. The molecule has 0 spiro atoms. The van der Waals surface area contributed by atoms with Gasteiger partial charge in [-0.25, -0.2) is 0 Å². The van der Waals surface area contributed by atoms with Crippen LogP contribution in [0.5, 0.6) is 0 Å². The van der Waals surface area contributed by atoms with Gasteiger partial charge in [0.05, 0.1) is 12.1 Å². The van der Waals surface area contributed by atoms with Crippen molar-refractivity contribution in [1.82, 2.24) is 15.5 Å². The number of hydrogen-bond acceptors (Lipinski definition) is 5. The van der Waals surface area contributed by atoms with Crippen LogP contribution in [0.4, 0.5) is 0 Å². The fourth-order valence-electron chi connectivity index (χ4n) is 3.82. The average Bonchev–Trinajstić information content (AvgIpc) is 3.15. The molecule has 2 fully saturated rings. The third kappa shape index (κ3) is 5.90. The molecule has 0 aromatic rings. The Morgan fingerprint density at radius 1 is 1.17 bits per heavy atom. The van der Waals surface area contributed by atoms with Crippen LogP contribution < -0.4 is 16.4 Å². The first-order valence-corrected chi connectivity index (χ1v) is 10.9. The van der Waals surface area contributed by atoms with E-state index in [1.54, 1.807) is 0 Å². The van der Waals surface area contributed by atoms with E-state index in [-0.39, 0.29) is 12.5 Å². The largest absolute Gasteiger partial charge is 0.346 e. The number of nitrogens with zero attached hydrogens (tertiary/aromatic N) is 1. The van der Waals surface area contributed by atoms with Gasteiger partial charge in [0.15, 0.2) is 0 Å². The summed E-state index contributed by atoms with van der Waals surface area (Å²) in [4.78, 5) is 52.2. The minimum absolute atomic E-state index is 0.185. The SMILES string of the molecule is C=CCNC(=O)C(=O)C(CC1CCC1)NC(=O)[C@@H]1CCCN1C(=O)[C@@H](N)C(C)(C)C. The van der Waals surface area contributed by atoms with Gasteiger partial charge in [-0.3, -0.25) is 19.2 Å². The van der Waals surface area contributed by atoms with Gasteiger partial charge in [-0.1, -0.05) is 46.1 Å². The van der Waals surface area contributed by atoms with Gasteiger partial charge in [-0.15, -0.1) is 6.58 Å². The predicted octanol–water partition coefficient (Wildman–Crippen LogP) is 0.897. The van der Waals surface area contributed by atoms with Crippen molar-refractivity contribution in [3.8, 4) is 0 Å². The molecule has 0 radical (unpaired) electrons. The van der Waals surface area contributed by atoms with Gasteiger partial charge in [-0.2, -0.15) is 0 Å². The second-order valence-corrected chi connectivity index (χ2v) is 9.49. The lowest BCUT2D eigenvalue weighted by Crippen LogP contribution is -2.57. The molecule has 4 N–H and O–H groups in total. The molecule has 30 heavy (non-hydrogen) atoms. The molecule has 168 valence electrons. The predicted molar refractivity (Wildman–Crippen MR) is 114 cm³/mol. The maximum atomic E-state index is 13.0. The summed E-state index contributed by atoms with van der Waals surface area (Å²) in [7, 11) is 0. The fourth-order valence-corrected chi connectivity index (χ4v) is 3.82. The zero-order valence-corrected chi connectivity index (χ0v) is 18.4. The highest BCUT2D eigenvalue weighted by atomic mass is 16.2. The summed E-state index contributed by atoms with van der Waals surface area (Å²) in [5, 5.41) is 5.25. The first-order chi connectivity index (χ1) is 14.1. The molecule has 1 aliphatic heterocycles. The molecule has 1 heterocycles. The molecule has 3 amide bonds. The molecule has 3 atom stereocenters. The van der Waals surface area contributed by atoms with Crippen molar-refractivity contribution in [3.63, 3.8) is 0 Å². The van der Waals surface area contributed by atoms with Crippen LogP contribution in [0, 0.1) is 11.3 Å². The highest BCUT2D eigenvalue weighted by Gasteiger charge is 2.41. The van der Waals surface area contributed by atoms with Crippen molar-refractivity contribution in [2.24, 2.45) is 17.1 Å². The lowest BCUT2D eigenvalue weighted by Gasteiger charge is -2.34. The van der Waals surface area contributed by atoms with E-state index in [1.165, 1.54) is 11.0 Å². The van der Waals surface area contributed by atoms with E-state index in [4.69, 9.17) is 5.73 Å². The highest BCUT2D eigenvalue weighted by Crippen LogP contribution is 2.31. The monoisotopic (exact) mass is 420 g/mol. The average molecular weight is 421 g/mol. The molecule has 1 saturated carbocycles. The zero-order chi connectivity index (χ0) is 22.5. The van der Waals surface area contributed by atoms with Crippen LogP contribution in [0.3, 0.4) is 0 Å². The van der Waals surface area contributed by atoms with E-state index in [0.29, 0.717) is 31.7 Å². The van der Waals surface area contributed by atoms with E-state index < -0.39 is 41.1 Å². The number of nitrogens with one attached hydrogen (secondary N) is 2. The number of amides is 3. The molecule has 1 unspecified atom stereocenters. The van der Waals surface area contributed by atoms with E-state index in [2.05, 4.69) is 17.2 Å². The quantitative estimate of drug-likeness (QED) is 0.378. The fraction of sp³-hybridized carbons (Fsp3) is 0.727. The second-order valence-electron chi connectivity index (χ2n) is 9.49. The van der Waals surface area contributed by atoms with E-state index in [1.807, 2.05) is 20.8 Å². The molecule has 8 nitrogen and oxygen atoms in total. The minimum Gasteiger partial charge on any atom is -0.346 e. The number of carbonyl (C=O) groups is 4. The van der Waals surface area contributed by atoms with Crippen LogP contribution in [0.1, 0.15) is 59.3 Å². The summed E-state index contributed by atoms with van der Waals surface area (Å²) < 4.78 is 0. The molecule has 0 aromatic heterocycles. The van der Waals surface area contributed by atoms with Gasteiger partial charge >= 0.3 is 0 Å². The third-order valence-electron chi connectivity index (χ3n) is 6.10. The third-order valence-corrected chi connectivity index (χ3v) is 6.10. The minimum atomic E-state index is -0.888. The number of hydrogen-bond donors (Lipinski definition) is 3. The Balaban J connectivity index is 2.09. The van der Waals surface area contributed by atoms with Crippen LogP contribution in [0.2, 0.25) is 0 Å². The Kier molecular flexibility index (Phi) is 8.18. The second kappa shape index (κ2) is 10.2. The number of rotatable bonds is 9. The molecule has 1 aliphatic carbocycles. The van der Waals surface area contributed by atoms with E-state index in [9.17, 15) is 19.2 Å². The lowest BCUT2D eigenvalue weighted by atomic mass is 9.80. The van der Waals surface area contributed by atoms with Crippen molar-refractivity contribution >= 4 is 23.5 Å². The van der Waals surface area contributed by atoms with Gasteiger partial charge in [0.25, 0.3) is 5.91 Å². The summed E-state index contributed by atoms with van der Waals surface area (Å²) in [6.45, 7) is 9.82. The number of ketones is 1. The van der Waals surface area contributed by atoms with Crippen molar-refractivity contribution in [1.29, 1.82) is 0 Å². The first kappa shape index (κ1) is 24.1. The molecule has 0 aromatic carbocycles. The maximum Gasteiger partial charge on any atom is 0.289 e. The molecule has 1 saturated heterocycles. The Bertz CT molecular complexity index is 681. The zero-order valence-electron chi connectivity index (χ0n) is 18.4. The van der Waals surface area contributed by atoms with Gasteiger partial charge in [0.1, 0.15) is 6.04 Å². The van der Waals surface area contributed by atoms with Crippen molar-refractivity contribution in [3.05, 3.63) is 12.7 Å². The first-order valence-electron chi connectivity index (χ1n) is 10.9. The smallest absolute Gasteiger partial charge is 0.289 e. The summed E-state index contributed by atoms with van der Waals surface area (Å²) in [6, 6.07) is -2.27. The number of nitrogens with two attached hydrogens (primary N) is 1. The van der Waals surface area contributed by atoms with Crippen molar-refractivity contribution in [2.75, 3.05) is 13.1 Å². The van der Waals surface area contributed by atoms with Crippen LogP contribution in [0.25, 0.3) is 0 Å². The van der Waals surface area contributed by atoms with Crippen LogP contribution in [-0.2, 0) is 19.2 Å². The highest BCUT2D eigenvalue weighted by molar-refractivity contribution is 6.38. The molecule has 8 heteroatoms. The molecular weight excluding hydrogens is 384 g/mol. The normalized spacial score (nSPS) is 21.3. The Morgan fingerprint density at radius 2 is 1.83 bits per heavy atom. The summed E-state index contributed by atoms with van der Waals surface area (Å²) in [5.41, 5.74) is 5.70. The topological polar surface area (TPSA) is 122 Å². The Morgan fingerprint density at radius 3 is 2.37 bits per heavy atom. The maximum absolute atomic E-state index is 13.0.